The third kappa shape index (κ3) is 4.25. The van der Waals surface area contributed by atoms with E-state index in [-0.39, 0.29) is 18.0 Å². The highest BCUT2D eigenvalue weighted by molar-refractivity contribution is 9.10. The summed E-state index contributed by atoms with van der Waals surface area (Å²) >= 11 is 3.45. The fourth-order valence-electron chi connectivity index (χ4n) is 2.60. The van der Waals surface area contributed by atoms with Crippen molar-refractivity contribution in [2.24, 2.45) is 5.73 Å². The van der Waals surface area contributed by atoms with Crippen molar-refractivity contribution in [2.75, 3.05) is 26.2 Å². The number of halogens is 2. The van der Waals surface area contributed by atoms with Crippen LogP contribution < -0.4 is 5.73 Å². The molecule has 2 atom stereocenters. The van der Waals surface area contributed by atoms with Crippen molar-refractivity contribution in [1.82, 2.24) is 4.90 Å². The molecule has 2 rings (SSSR count). The Bertz CT molecular complexity index is 442. The fourth-order valence-corrected chi connectivity index (χ4v) is 3.00. The smallest absolute Gasteiger partial charge is 0.123 e. The number of nitrogens with two attached hydrogens (primary N) is 1. The molecular weight excluding hydrogens is 323 g/mol. The standard InChI is InChI=1S/C15H22BrFN2O/c1-2-5-19-6-7-20-15(10-19)14(18)9-11-8-12(17)3-4-13(11)16/h3-4,8,14-15H,2,5-7,9-10,18H2,1H3. The Morgan fingerprint density at radius 2 is 2.35 bits per heavy atom. The van der Waals surface area contributed by atoms with Gasteiger partial charge in [0, 0.05) is 23.6 Å². The van der Waals surface area contributed by atoms with Crippen LogP contribution in [0.3, 0.4) is 0 Å². The van der Waals surface area contributed by atoms with Crippen molar-refractivity contribution < 1.29 is 9.13 Å². The lowest BCUT2D eigenvalue weighted by molar-refractivity contribution is -0.0401. The first-order valence-corrected chi connectivity index (χ1v) is 7.93. The minimum Gasteiger partial charge on any atom is -0.374 e. The molecule has 0 bridgehead atoms. The monoisotopic (exact) mass is 344 g/mol. The molecule has 5 heteroatoms. The van der Waals surface area contributed by atoms with Gasteiger partial charge in [0.05, 0.1) is 12.7 Å². The van der Waals surface area contributed by atoms with Crippen LogP contribution in [0.15, 0.2) is 22.7 Å². The van der Waals surface area contributed by atoms with Crippen molar-refractivity contribution in [3.63, 3.8) is 0 Å². The second kappa shape index (κ2) is 7.50. The Morgan fingerprint density at radius 1 is 1.55 bits per heavy atom. The van der Waals surface area contributed by atoms with Gasteiger partial charge >= 0.3 is 0 Å². The fraction of sp³-hybridized carbons (Fsp3) is 0.600. The van der Waals surface area contributed by atoms with E-state index in [1.807, 2.05) is 0 Å². The Balaban J connectivity index is 1.96. The van der Waals surface area contributed by atoms with Gasteiger partial charge in [-0.25, -0.2) is 4.39 Å². The van der Waals surface area contributed by atoms with Gasteiger partial charge in [-0.3, -0.25) is 4.90 Å². The number of benzene rings is 1. The Kier molecular flexibility index (Phi) is 5.96. The summed E-state index contributed by atoms with van der Waals surface area (Å²) in [4.78, 5) is 2.38. The SMILES string of the molecule is CCCN1CCOC(C(N)Cc2cc(F)ccc2Br)C1. The largest absolute Gasteiger partial charge is 0.374 e. The van der Waals surface area contributed by atoms with E-state index in [4.69, 9.17) is 10.5 Å². The zero-order valence-corrected chi connectivity index (χ0v) is 13.4. The van der Waals surface area contributed by atoms with Gasteiger partial charge in [-0.2, -0.15) is 0 Å². The third-order valence-corrected chi connectivity index (χ3v) is 4.43. The molecule has 20 heavy (non-hydrogen) atoms. The number of hydrogen-bond acceptors (Lipinski definition) is 3. The van der Waals surface area contributed by atoms with Gasteiger partial charge < -0.3 is 10.5 Å². The van der Waals surface area contributed by atoms with E-state index in [1.165, 1.54) is 12.1 Å². The number of hydrogen-bond donors (Lipinski definition) is 1. The lowest BCUT2D eigenvalue weighted by atomic mass is 10.0. The maximum atomic E-state index is 13.3. The van der Waals surface area contributed by atoms with Gasteiger partial charge in [0.25, 0.3) is 0 Å². The van der Waals surface area contributed by atoms with Crippen LogP contribution in [0.2, 0.25) is 0 Å². The van der Waals surface area contributed by atoms with E-state index in [9.17, 15) is 4.39 Å². The second-order valence-electron chi connectivity index (χ2n) is 5.31. The van der Waals surface area contributed by atoms with Crippen LogP contribution in [0.5, 0.6) is 0 Å². The lowest BCUT2D eigenvalue weighted by Crippen LogP contribution is -2.51. The molecule has 112 valence electrons. The maximum Gasteiger partial charge on any atom is 0.123 e. The Hall–Kier alpha value is -0.490. The topological polar surface area (TPSA) is 38.5 Å². The van der Waals surface area contributed by atoms with Crippen molar-refractivity contribution in [3.8, 4) is 0 Å². The molecular formula is C15H22BrFN2O. The highest BCUT2D eigenvalue weighted by Crippen LogP contribution is 2.21. The summed E-state index contributed by atoms with van der Waals surface area (Å²) in [5, 5.41) is 0. The normalized spacial score (nSPS) is 21.9. The van der Waals surface area contributed by atoms with Crippen molar-refractivity contribution >= 4 is 15.9 Å². The van der Waals surface area contributed by atoms with Crippen molar-refractivity contribution in [3.05, 3.63) is 34.1 Å². The molecule has 0 aliphatic carbocycles. The van der Waals surface area contributed by atoms with Crippen LogP contribution >= 0.6 is 15.9 Å². The first-order valence-electron chi connectivity index (χ1n) is 7.13. The molecule has 3 nitrogen and oxygen atoms in total. The first-order chi connectivity index (χ1) is 9.60. The molecule has 0 spiro atoms. The molecule has 1 saturated heterocycles. The van der Waals surface area contributed by atoms with Crippen molar-refractivity contribution in [2.45, 2.75) is 31.9 Å². The van der Waals surface area contributed by atoms with Crippen LogP contribution in [-0.4, -0.2) is 43.3 Å². The van der Waals surface area contributed by atoms with E-state index in [1.54, 1.807) is 6.07 Å². The molecule has 1 fully saturated rings. The summed E-state index contributed by atoms with van der Waals surface area (Å²) in [6.45, 7) is 5.82. The molecule has 1 aromatic carbocycles. The van der Waals surface area contributed by atoms with E-state index in [0.29, 0.717) is 6.42 Å². The van der Waals surface area contributed by atoms with E-state index in [2.05, 4.69) is 27.8 Å². The highest BCUT2D eigenvalue weighted by Gasteiger charge is 2.26. The Labute approximate surface area is 128 Å². The summed E-state index contributed by atoms with van der Waals surface area (Å²) in [6.07, 6.45) is 1.77. The van der Waals surface area contributed by atoms with Gasteiger partial charge in [0.1, 0.15) is 5.82 Å². The number of ether oxygens (including phenoxy) is 1. The van der Waals surface area contributed by atoms with Gasteiger partial charge in [0.2, 0.25) is 0 Å². The van der Waals surface area contributed by atoms with E-state index < -0.39 is 0 Å². The highest BCUT2D eigenvalue weighted by atomic mass is 79.9. The van der Waals surface area contributed by atoms with Crippen molar-refractivity contribution in [1.29, 1.82) is 0 Å². The van der Waals surface area contributed by atoms with Crippen LogP contribution in [0.4, 0.5) is 4.39 Å². The molecule has 1 aliphatic heterocycles. The zero-order chi connectivity index (χ0) is 14.5. The first kappa shape index (κ1) is 15.9. The molecule has 1 heterocycles. The maximum absolute atomic E-state index is 13.3. The summed E-state index contributed by atoms with van der Waals surface area (Å²) in [7, 11) is 0. The van der Waals surface area contributed by atoms with Gasteiger partial charge in [0.15, 0.2) is 0 Å². The van der Waals surface area contributed by atoms with E-state index >= 15 is 0 Å². The molecule has 2 N–H and O–H groups in total. The number of rotatable bonds is 5. The lowest BCUT2D eigenvalue weighted by Gasteiger charge is -2.35. The quantitative estimate of drug-likeness (QED) is 0.892. The summed E-state index contributed by atoms with van der Waals surface area (Å²) in [6, 6.07) is 4.59. The van der Waals surface area contributed by atoms with Gasteiger partial charge in [-0.1, -0.05) is 22.9 Å². The van der Waals surface area contributed by atoms with Crippen LogP contribution in [-0.2, 0) is 11.2 Å². The molecule has 0 amide bonds. The summed E-state index contributed by atoms with van der Waals surface area (Å²) < 4.78 is 20.0. The molecule has 0 saturated carbocycles. The van der Waals surface area contributed by atoms with Gasteiger partial charge in [-0.15, -0.1) is 0 Å². The number of nitrogens with zero attached hydrogens (tertiary/aromatic N) is 1. The third-order valence-electron chi connectivity index (χ3n) is 3.66. The predicted octanol–water partition coefficient (Wildman–Crippen LogP) is 2.57. The van der Waals surface area contributed by atoms with Crippen LogP contribution in [0, 0.1) is 5.82 Å². The molecule has 0 aromatic heterocycles. The summed E-state index contributed by atoms with van der Waals surface area (Å²) in [5.74, 6) is -0.229. The second-order valence-corrected chi connectivity index (χ2v) is 6.17. The van der Waals surface area contributed by atoms with Gasteiger partial charge in [-0.05, 0) is 43.1 Å². The molecule has 1 aliphatic rings. The van der Waals surface area contributed by atoms with Crippen LogP contribution in [0.1, 0.15) is 18.9 Å². The van der Waals surface area contributed by atoms with Crippen LogP contribution in [0.25, 0.3) is 0 Å². The average molecular weight is 345 g/mol. The molecule has 1 aromatic rings. The average Bonchev–Trinajstić information content (AvgIpc) is 2.43. The predicted molar refractivity (Wildman–Crippen MR) is 82.3 cm³/mol. The van der Waals surface area contributed by atoms with E-state index in [0.717, 1.165) is 42.7 Å². The molecule has 2 unspecified atom stereocenters. The minimum atomic E-state index is -0.229. The Morgan fingerprint density at radius 3 is 3.10 bits per heavy atom. The number of morpholine rings is 1. The zero-order valence-electron chi connectivity index (χ0n) is 11.8. The summed E-state index contributed by atoms with van der Waals surface area (Å²) in [5.41, 5.74) is 7.16. The minimum absolute atomic E-state index is 0.0190. The molecule has 0 radical (unpaired) electrons.